The maximum Gasteiger partial charge on any atom is 0.127 e. The van der Waals surface area contributed by atoms with Gasteiger partial charge < -0.3 is 5.73 Å². The largest absolute Gasteiger partial charge is 0.329 e. The van der Waals surface area contributed by atoms with Crippen molar-refractivity contribution in [2.24, 2.45) is 5.73 Å². The number of aryl methyl sites for hydroxylation is 1. The Morgan fingerprint density at radius 1 is 1.40 bits per heavy atom. The SMILES string of the molecule is Cc1sc(C(CN)N(C)Cc2ccccc2F)cc1Br. The Morgan fingerprint density at radius 3 is 2.65 bits per heavy atom. The van der Waals surface area contributed by atoms with Crippen LogP contribution in [0.2, 0.25) is 0 Å². The molecule has 1 atom stereocenters. The van der Waals surface area contributed by atoms with Crippen LogP contribution in [0.15, 0.2) is 34.8 Å². The molecule has 0 radical (unpaired) electrons. The molecule has 1 aromatic heterocycles. The number of rotatable bonds is 5. The van der Waals surface area contributed by atoms with E-state index in [1.165, 1.54) is 15.8 Å². The zero-order chi connectivity index (χ0) is 14.7. The van der Waals surface area contributed by atoms with E-state index < -0.39 is 0 Å². The van der Waals surface area contributed by atoms with Crippen LogP contribution in [-0.2, 0) is 6.54 Å². The van der Waals surface area contributed by atoms with Gasteiger partial charge in [-0.15, -0.1) is 11.3 Å². The van der Waals surface area contributed by atoms with Crippen LogP contribution in [0, 0.1) is 12.7 Å². The summed E-state index contributed by atoms with van der Waals surface area (Å²) < 4.78 is 14.8. The van der Waals surface area contributed by atoms with Crippen LogP contribution in [0.4, 0.5) is 4.39 Å². The Kier molecular flexibility index (Phi) is 5.32. The highest BCUT2D eigenvalue weighted by atomic mass is 79.9. The smallest absolute Gasteiger partial charge is 0.127 e. The summed E-state index contributed by atoms with van der Waals surface area (Å²) in [6.45, 7) is 3.13. The Labute approximate surface area is 131 Å². The molecule has 2 N–H and O–H groups in total. The summed E-state index contributed by atoms with van der Waals surface area (Å²) in [4.78, 5) is 4.53. The quantitative estimate of drug-likeness (QED) is 0.873. The van der Waals surface area contributed by atoms with Gasteiger partial charge in [0.15, 0.2) is 0 Å². The van der Waals surface area contributed by atoms with Gasteiger partial charge >= 0.3 is 0 Å². The van der Waals surface area contributed by atoms with Gasteiger partial charge in [-0.05, 0) is 42.0 Å². The van der Waals surface area contributed by atoms with Crippen LogP contribution in [0.1, 0.15) is 21.4 Å². The molecule has 1 heterocycles. The molecule has 0 bridgehead atoms. The minimum atomic E-state index is -0.168. The summed E-state index contributed by atoms with van der Waals surface area (Å²) >= 11 is 5.26. The second-order valence-electron chi connectivity index (χ2n) is 4.81. The molecule has 108 valence electrons. The minimum absolute atomic E-state index is 0.101. The fourth-order valence-electron chi connectivity index (χ4n) is 2.16. The summed E-state index contributed by atoms with van der Waals surface area (Å²) in [5.41, 5.74) is 6.61. The maximum atomic E-state index is 13.7. The fraction of sp³-hybridized carbons (Fsp3) is 0.333. The van der Waals surface area contributed by atoms with Crippen molar-refractivity contribution in [3.63, 3.8) is 0 Å². The topological polar surface area (TPSA) is 29.3 Å². The molecule has 5 heteroatoms. The first-order valence-electron chi connectivity index (χ1n) is 6.42. The average molecular weight is 357 g/mol. The molecule has 0 spiro atoms. The van der Waals surface area contributed by atoms with Gasteiger partial charge in [0.2, 0.25) is 0 Å². The van der Waals surface area contributed by atoms with Crippen LogP contribution in [0.5, 0.6) is 0 Å². The number of thiophene rings is 1. The number of likely N-dealkylation sites (N-methyl/N-ethyl adjacent to an activating group) is 1. The Bertz CT molecular complexity index is 566. The molecule has 1 aromatic carbocycles. The van der Waals surface area contributed by atoms with Crippen molar-refractivity contribution < 1.29 is 4.39 Å². The number of hydrogen-bond acceptors (Lipinski definition) is 3. The van der Waals surface area contributed by atoms with Gasteiger partial charge in [0, 0.05) is 32.9 Å². The summed E-state index contributed by atoms with van der Waals surface area (Å²) in [7, 11) is 1.98. The molecule has 20 heavy (non-hydrogen) atoms. The zero-order valence-corrected chi connectivity index (χ0v) is 14.0. The number of halogens is 2. The first-order chi connectivity index (χ1) is 9.52. The van der Waals surface area contributed by atoms with E-state index in [4.69, 9.17) is 5.73 Å². The second-order valence-corrected chi connectivity index (χ2v) is 6.95. The van der Waals surface area contributed by atoms with E-state index in [2.05, 4.69) is 33.8 Å². The number of benzene rings is 1. The van der Waals surface area contributed by atoms with Gasteiger partial charge in [-0.3, -0.25) is 4.90 Å². The molecule has 0 saturated heterocycles. The van der Waals surface area contributed by atoms with Crippen LogP contribution >= 0.6 is 27.3 Å². The van der Waals surface area contributed by atoms with Crippen molar-refractivity contribution >= 4 is 27.3 Å². The lowest BCUT2D eigenvalue weighted by molar-refractivity contribution is 0.242. The lowest BCUT2D eigenvalue weighted by Crippen LogP contribution is -2.29. The Morgan fingerprint density at radius 2 is 2.10 bits per heavy atom. The molecule has 0 fully saturated rings. The van der Waals surface area contributed by atoms with E-state index in [-0.39, 0.29) is 11.9 Å². The summed E-state index contributed by atoms with van der Waals surface area (Å²) in [5.74, 6) is -0.168. The van der Waals surface area contributed by atoms with E-state index in [1.807, 2.05) is 19.2 Å². The van der Waals surface area contributed by atoms with Gasteiger partial charge in [-0.1, -0.05) is 18.2 Å². The highest BCUT2D eigenvalue weighted by molar-refractivity contribution is 9.10. The molecule has 0 aliphatic rings. The second kappa shape index (κ2) is 6.80. The molecule has 1 unspecified atom stereocenters. The van der Waals surface area contributed by atoms with Gasteiger partial charge in [0.25, 0.3) is 0 Å². The molecule has 0 amide bonds. The third-order valence-electron chi connectivity index (χ3n) is 3.34. The third kappa shape index (κ3) is 3.47. The van der Waals surface area contributed by atoms with Gasteiger partial charge in [-0.2, -0.15) is 0 Å². The monoisotopic (exact) mass is 356 g/mol. The number of nitrogens with zero attached hydrogens (tertiary/aromatic N) is 1. The van der Waals surface area contributed by atoms with Crippen LogP contribution < -0.4 is 5.73 Å². The average Bonchev–Trinajstić information content (AvgIpc) is 2.73. The molecular formula is C15H18BrFN2S. The summed E-state index contributed by atoms with van der Waals surface area (Å²) in [5, 5.41) is 0. The van der Waals surface area contributed by atoms with Crippen molar-refractivity contribution in [3.8, 4) is 0 Å². The van der Waals surface area contributed by atoms with Gasteiger partial charge in [0.05, 0.1) is 6.04 Å². The predicted molar refractivity (Wildman–Crippen MR) is 86.4 cm³/mol. The van der Waals surface area contributed by atoms with Crippen molar-refractivity contribution in [1.29, 1.82) is 0 Å². The van der Waals surface area contributed by atoms with Gasteiger partial charge in [-0.25, -0.2) is 4.39 Å². The lowest BCUT2D eigenvalue weighted by Gasteiger charge is -2.26. The number of nitrogens with two attached hydrogens (primary N) is 1. The first-order valence-corrected chi connectivity index (χ1v) is 8.03. The highest BCUT2D eigenvalue weighted by Gasteiger charge is 2.19. The lowest BCUT2D eigenvalue weighted by atomic mass is 10.1. The molecular weight excluding hydrogens is 339 g/mol. The van der Waals surface area contributed by atoms with Crippen molar-refractivity contribution in [2.45, 2.75) is 19.5 Å². The highest BCUT2D eigenvalue weighted by Crippen LogP contribution is 2.33. The van der Waals surface area contributed by atoms with Crippen molar-refractivity contribution in [3.05, 3.63) is 55.9 Å². The van der Waals surface area contributed by atoms with Gasteiger partial charge in [0.1, 0.15) is 5.82 Å². The van der Waals surface area contributed by atoms with Crippen LogP contribution in [0.3, 0.4) is 0 Å². The van der Waals surface area contributed by atoms with E-state index >= 15 is 0 Å². The molecule has 2 aromatic rings. The minimum Gasteiger partial charge on any atom is -0.329 e. The molecule has 0 saturated carbocycles. The zero-order valence-electron chi connectivity index (χ0n) is 11.6. The maximum absolute atomic E-state index is 13.7. The predicted octanol–water partition coefficient (Wildman–Crippen LogP) is 4.09. The molecule has 2 nitrogen and oxygen atoms in total. The van der Waals surface area contributed by atoms with Crippen molar-refractivity contribution in [2.75, 3.05) is 13.6 Å². The molecule has 0 aliphatic heterocycles. The van der Waals surface area contributed by atoms with E-state index in [1.54, 1.807) is 17.4 Å². The number of hydrogen-bond donors (Lipinski definition) is 1. The molecule has 0 aliphatic carbocycles. The summed E-state index contributed by atoms with van der Waals surface area (Å²) in [6, 6.07) is 9.08. The standard InChI is InChI=1S/C15H18BrFN2S/c1-10-12(16)7-15(20-10)14(8-18)19(2)9-11-5-3-4-6-13(11)17/h3-7,14H,8-9,18H2,1-2H3. The third-order valence-corrected chi connectivity index (χ3v) is 5.58. The van der Waals surface area contributed by atoms with Crippen LogP contribution in [0.25, 0.3) is 0 Å². The van der Waals surface area contributed by atoms with E-state index in [0.717, 1.165) is 4.47 Å². The normalized spacial score (nSPS) is 12.9. The fourth-order valence-corrected chi connectivity index (χ4v) is 3.90. The van der Waals surface area contributed by atoms with E-state index in [0.29, 0.717) is 18.7 Å². The van der Waals surface area contributed by atoms with Crippen molar-refractivity contribution in [1.82, 2.24) is 4.90 Å². The Balaban J connectivity index is 2.17. The Hall–Kier alpha value is -0.750. The molecule has 2 rings (SSSR count). The summed E-state index contributed by atoms with van der Waals surface area (Å²) in [6.07, 6.45) is 0. The van der Waals surface area contributed by atoms with Crippen LogP contribution in [-0.4, -0.2) is 18.5 Å². The van der Waals surface area contributed by atoms with E-state index in [9.17, 15) is 4.39 Å². The first kappa shape index (κ1) is 15.6.